The van der Waals surface area contributed by atoms with Crippen LogP contribution < -0.4 is 16.0 Å². The molecule has 0 spiro atoms. The maximum absolute atomic E-state index is 12.6. The van der Waals surface area contributed by atoms with Gasteiger partial charge in [-0.3, -0.25) is 14.6 Å². The fourth-order valence-corrected chi connectivity index (χ4v) is 4.62. The van der Waals surface area contributed by atoms with Crippen LogP contribution in [0.15, 0.2) is 36.7 Å². The van der Waals surface area contributed by atoms with Crippen LogP contribution in [0.2, 0.25) is 0 Å². The minimum atomic E-state index is -0.672. The third-order valence-electron chi connectivity index (χ3n) is 6.48. The molecule has 0 bridgehead atoms. The Hall–Kier alpha value is -3.28. The average molecular weight is 526 g/mol. The van der Waals surface area contributed by atoms with Gasteiger partial charge in [0.1, 0.15) is 23.4 Å². The topological polar surface area (TPSA) is 132 Å². The van der Waals surface area contributed by atoms with E-state index in [0.717, 1.165) is 39.1 Å². The van der Waals surface area contributed by atoms with Crippen molar-refractivity contribution < 1.29 is 19.4 Å². The molecule has 4 N–H and O–H groups in total. The van der Waals surface area contributed by atoms with E-state index in [2.05, 4.69) is 53.9 Å². The van der Waals surface area contributed by atoms with E-state index in [1.165, 1.54) is 17.5 Å². The van der Waals surface area contributed by atoms with Gasteiger partial charge in [0.2, 0.25) is 0 Å². The third-order valence-corrected chi connectivity index (χ3v) is 6.48. The first-order valence-corrected chi connectivity index (χ1v) is 13.2. The van der Waals surface area contributed by atoms with E-state index in [4.69, 9.17) is 4.74 Å². The van der Waals surface area contributed by atoms with E-state index in [1.54, 1.807) is 6.07 Å². The van der Waals surface area contributed by atoms with Gasteiger partial charge in [-0.2, -0.15) is 0 Å². The Morgan fingerprint density at radius 3 is 2.66 bits per heavy atom. The molecule has 11 nitrogen and oxygen atoms in total. The number of hydrogen-bond acceptors (Lipinski definition) is 9. The number of anilines is 1. The van der Waals surface area contributed by atoms with E-state index in [0.29, 0.717) is 18.9 Å². The van der Waals surface area contributed by atoms with Gasteiger partial charge >= 0.3 is 6.09 Å². The van der Waals surface area contributed by atoms with E-state index in [1.807, 2.05) is 26.8 Å². The summed E-state index contributed by atoms with van der Waals surface area (Å²) in [7, 11) is 0. The summed E-state index contributed by atoms with van der Waals surface area (Å²) in [6.07, 6.45) is 1.24. The molecule has 2 amide bonds. The average Bonchev–Trinajstić information content (AvgIpc) is 2.84. The number of alkyl carbamates (subject to hydrolysis) is 1. The summed E-state index contributed by atoms with van der Waals surface area (Å²) in [5, 5.41) is 19.4. The minimum absolute atomic E-state index is 0.151. The second-order valence-electron chi connectivity index (χ2n) is 10.9. The van der Waals surface area contributed by atoms with Gasteiger partial charge in [-0.25, -0.2) is 14.8 Å². The fourth-order valence-electron chi connectivity index (χ4n) is 4.62. The number of amides is 2. The lowest BCUT2D eigenvalue weighted by Crippen LogP contribution is -2.56. The first kappa shape index (κ1) is 27.7. The Morgan fingerprint density at radius 1 is 1.13 bits per heavy atom. The van der Waals surface area contributed by atoms with Crippen molar-refractivity contribution >= 4 is 17.8 Å². The van der Waals surface area contributed by atoms with Crippen LogP contribution in [-0.2, 0) is 17.7 Å². The van der Waals surface area contributed by atoms with Crippen LogP contribution in [0.25, 0.3) is 0 Å². The number of carbonyl (C=O) groups excluding carboxylic acids is 2. The maximum Gasteiger partial charge on any atom is 0.407 e. The molecule has 2 aliphatic heterocycles. The molecular formula is C27H39N7O4. The smallest absolute Gasteiger partial charge is 0.407 e. The number of benzene rings is 1. The molecule has 38 heavy (non-hydrogen) atoms. The molecule has 1 aromatic heterocycles. The van der Waals surface area contributed by atoms with Gasteiger partial charge in [0.15, 0.2) is 0 Å². The zero-order valence-corrected chi connectivity index (χ0v) is 22.4. The predicted octanol–water partition coefficient (Wildman–Crippen LogP) is 1.25. The number of hydrogen-bond donors (Lipinski definition) is 4. The molecule has 11 heteroatoms. The Kier molecular flexibility index (Phi) is 9.13. The highest BCUT2D eigenvalue weighted by Crippen LogP contribution is 2.18. The second-order valence-corrected chi connectivity index (χ2v) is 10.9. The van der Waals surface area contributed by atoms with Crippen LogP contribution in [0.3, 0.4) is 0 Å². The SMILES string of the molecule is CC(C)(C)OC(=O)NCCN1CC(Nc2cc(C(=O)NC[C@H](O)CN3CCc4ccccc4C3)ncn2)C1. The molecule has 2 aromatic rings. The summed E-state index contributed by atoms with van der Waals surface area (Å²) in [5.74, 6) is 0.233. The molecule has 2 aliphatic rings. The zero-order chi connectivity index (χ0) is 27.1. The van der Waals surface area contributed by atoms with Crippen molar-refractivity contribution in [2.24, 2.45) is 0 Å². The predicted molar refractivity (Wildman–Crippen MR) is 144 cm³/mol. The third kappa shape index (κ3) is 8.37. The summed E-state index contributed by atoms with van der Waals surface area (Å²) < 4.78 is 5.23. The van der Waals surface area contributed by atoms with Crippen LogP contribution in [0.5, 0.6) is 0 Å². The van der Waals surface area contributed by atoms with Gasteiger partial charge < -0.3 is 25.8 Å². The summed E-state index contributed by atoms with van der Waals surface area (Å²) in [5.41, 5.74) is 2.40. The van der Waals surface area contributed by atoms with E-state index in [9.17, 15) is 14.7 Å². The summed E-state index contributed by atoms with van der Waals surface area (Å²) >= 11 is 0. The number of rotatable bonds is 10. The Morgan fingerprint density at radius 2 is 1.89 bits per heavy atom. The largest absolute Gasteiger partial charge is 0.444 e. The molecule has 0 aliphatic carbocycles. The standard InChI is InChI=1S/C27H39N7O4/c1-27(2,3)38-26(37)28-9-11-34-15-21(16-34)32-24-12-23(30-18-31-24)25(36)29-13-22(35)17-33-10-8-19-6-4-5-7-20(19)14-33/h4-7,12,18,21-22,35H,8-11,13-17H2,1-3H3,(H,28,37)(H,29,36)(H,30,31,32)/t22-/m0/s1. The van der Waals surface area contributed by atoms with Gasteiger partial charge in [0, 0.05) is 58.4 Å². The van der Waals surface area contributed by atoms with E-state index < -0.39 is 17.8 Å². The van der Waals surface area contributed by atoms with Gasteiger partial charge in [-0.1, -0.05) is 24.3 Å². The second kappa shape index (κ2) is 12.5. The lowest BCUT2D eigenvalue weighted by Gasteiger charge is -2.39. The number of ether oxygens (including phenoxy) is 1. The molecule has 1 atom stereocenters. The lowest BCUT2D eigenvalue weighted by atomic mass is 10.00. The zero-order valence-electron chi connectivity index (χ0n) is 22.4. The molecule has 4 rings (SSSR count). The lowest BCUT2D eigenvalue weighted by molar-refractivity contribution is 0.0515. The Balaban J connectivity index is 1.14. The molecule has 1 aromatic carbocycles. The molecule has 1 saturated heterocycles. The Labute approximate surface area is 224 Å². The van der Waals surface area contributed by atoms with E-state index >= 15 is 0 Å². The van der Waals surface area contributed by atoms with Crippen molar-refractivity contribution in [1.29, 1.82) is 0 Å². The quantitative estimate of drug-likeness (QED) is 0.362. The number of fused-ring (bicyclic) bond motifs is 1. The molecule has 0 saturated carbocycles. The molecular weight excluding hydrogens is 486 g/mol. The number of aliphatic hydroxyl groups excluding tert-OH is 1. The highest BCUT2D eigenvalue weighted by atomic mass is 16.6. The van der Waals surface area contributed by atoms with Crippen molar-refractivity contribution in [3.8, 4) is 0 Å². The van der Waals surface area contributed by atoms with E-state index in [-0.39, 0.29) is 24.2 Å². The Bertz CT molecular complexity index is 1100. The first-order valence-electron chi connectivity index (χ1n) is 13.2. The molecule has 0 radical (unpaired) electrons. The maximum atomic E-state index is 12.6. The summed E-state index contributed by atoms with van der Waals surface area (Å²) in [6, 6.07) is 10.2. The summed E-state index contributed by atoms with van der Waals surface area (Å²) in [4.78, 5) is 37.1. The van der Waals surface area contributed by atoms with Crippen molar-refractivity contribution in [3.05, 3.63) is 53.5 Å². The van der Waals surface area contributed by atoms with Crippen LogP contribution in [-0.4, -0.2) is 100 Å². The van der Waals surface area contributed by atoms with Gasteiger partial charge in [-0.05, 0) is 38.3 Å². The highest BCUT2D eigenvalue weighted by molar-refractivity contribution is 5.92. The monoisotopic (exact) mass is 525 g/mol. The summed E-state index contributed by atoms with van der Waals surface area (Å²) in [6.45, 7) is 10.7. The van der Waals surface area contributed by atoms with Crippen molar-refractivity contribution in [1.82, 2.24) is 30.4 Å². The highest BCUT2D eigenvalue weighted by Gasteiger charge is 2.27. The van der Waals surface area contributed by atoms with Crippen molar-refractivity contribution in [3.63, 3.8) is 0 Å². The number of nitrogens with zero attached hydrogens (tertiary/aromatic N) is 4. The minimum Gasteiger partial charge on any atom is -0.444 e. The number of aliphatic hydroxyl groups is 1. The molecule has 206 valence electrons. The van der Waals surface area contributed by atoms with Gasteiger partial charge in [0.05, 0.1) is 12.1 Å². The van der Waals surface area contributed by atoms with Crippen LogP contribution in [0, 0.1) is 0 Å². The van der Waals surface area contributed by atoms with Crippen LogP contribution in [0.1, 0.15) is 42.4 Å². The molecule has 1 fully saturated rings. The van der Waals surface area contributed by atoms with Crippen LogP contribution in [0.4, 0.5) is 10.6 Å². The number of β-amino-alcohol motifs (C(OH)–C–C–N with tert-alkyl or cyclic N) is 1. The van der Waals surface area contributed by atoms with Crippen LogP contribution >= 0.6 is 0 Å². The van der Waals surface area contributed by atoms with Crippen molar-refractivity contribution in [2.45, 2.75) is 51.5 Å². The van der Waals surface area contributed by atoms with Crippen molar-refractivity contribution in [2.75, 3.05) is 51.1 Å². The van der Waals surface area contributed by atoms with Gasteiger partial charge in [-0.15, -0.1) is 0 Å². The van der Waals surface area contributed by atoms with Gasteiger partial charge in [0.25, 0.3) is 5.91 Å². The number of likely N-dealkylation sites (tertiary alicyclic amines) is 1. The number of aromatic nitrogens is 2. The molecule has 3 heterocycles. The molecule has 0 unspecified atom stereocenters. The number of carbonyl (C=O) groups is 2. The normalized spacial score (nSPS) is 17.2. The fraction of sp³-hybridized carbons (Fsp3) is 0.556. The number of nitrogens with one attached hydrogen (secondary N) is 3. The first-order chi connectivity index (χ1) is 18.1.